The molecule has 2 aliphatic rings. The van der Waals surface area contributed by atoms with Crippen LogP contribution in [-0.2, 0) is 6.54 Å². The smallest absolute Gasteiger partial charge is 0.130 e. The second-order valence-electron chi connectivity index (χ2n) is 7.06. The minimum Gasteiger partial charge on any atom is -0.492 e. The van der Waals surface area contributed by atoms with E-state index in [1.807, 2.05) is 0 Å². The molecule has 0 N–H and O–H groups in total. The summed E-state index contributed by atoms with van der Waals surface area (Å²) in [7, 11) is 0. The average Bonchev–Trinajstić information content (AvgIpc) is 3.05. The first-order valence-corrected chi connectivity index (χ1v) is 8.79. The summed E-state index contributed by atoms with van der Waals surface area (Å²) in [4.78, 5) is 2.58. The third-order valence-corrected chi connectivity index (χ3v) is 5.52. The largest absolute Gasteiger partial charge is 0.492 e. The van der Waals surface area contributed by atoms with Crippen LogP contribution in [0.5, 0.6) is 5.75 Å². The van der Waals surface area contributed by atoms with Gasteiger partial charge in [0.25, 0.3) is 0 Å². The summed E-state index contributed by atoms with van der Waals surface area (Å²) in [6, 6.07) is 23.9. The molecule has 2 atom stereocenters. The third-order valence-electron chi connectivity index (χ3n) is 5.52. The summed E-state index contributed by atoms with van der Waals surface area (Å²) in [5.74, 6) is 2.33. The number of hydrogen-bond acceptors (Lipinski definition) is 2. The van der Waals surface area contributed by atoms with Crippen molar-refractivity contribution in [3.05, 3.63) is 77.9 Å². The Kier molecular flexibility index (Phi) is 3.30. The summed E-state index contributed by atoms with van der Waals surface area (Å²) < 4.78 is 6.22. The molecular formula is C22H21NO. The first kappa shape index (κ1) is 14.1. The summed E-state index contributed by atoms with van der Waals surface area (Å²) >= 11 is 0. The van der Waals surface area contributed by atoms with Gasteiger partial charge in [-0.05, 0) is 16.5 Å². The Morgan fingerprint density at radius 1 is 0.875 bits per heavy atom. The number of fused-ring (bicyclic) bond motifs is 5. The molecule has 2 nitrogen and oxygen atoms in total. The maximum Gasteiger partial charge on any atom is 0.130 e. The van der Waals surface area contributed by atoms with E-state index in [0.29, 0.717) is 11.8 Å². The Morgan fingerprint density at radius 2 is 1.71 bits per heavy atom. The van der Waals surface area contributed by atoms with Crippen LogP contribution < -0.4 is 4.74 Å². The first-order valence-electron chi connectivity index (χ1n) is 8.79. The van der Waals surface area contributed by atoms with Crippen LogP contribution in [0.2, 0.25) is 0 Å². The minimum absolute atomic E-state index is 0.599. The van der Waals surface area contributed by atoms with Gasteiger partial charge in [0.15, 0.2) is 0 Å². The summed E-state index contributed by atoms with van der Waals surface area (Å²) in [6.45, 7) is 4.15. The lowest BCUT2D eigenvalue weighted by molar-refractivity contribution is 0.214. The quantitative estimate of drug-likeness (QED) is 0.693. The molecule has 2 heterocycles. The van der Waals surface area contributed by atoms with Gasteiger partial charge >= 0.3 is 0 Å². The fourth-order valence-electron chi connectivity index (χ4n) is 4.36. The number of ether oxygens (including phenoxy) is 1. The molecule has 3 aromatic rings. The molecule has 1 saturated heterocycles. The summed E-state index contributed by atoms with van der Waals surface area (Å²) in [5, 5.41) is 2.53. The van der Waals surface area contributed by atoms with E-state index in [1.54, 1.807) is 0 Å². The Morgan fingerprint density at radius 3 is 2.62 bits per heavy atom. The monoisotopic (exact) mass is 315 g/mol. The zero-order valence-electron chi connectivity index (χ0n) is 13.7. The zero-order valence-corrected chi connectivity index (χ0v) is 13.7. The fraction of sp³-hybridized carbons (Fsp3) is 0.273. The van der Waals surface area contributed by atoms with Crippen LogP contribution in [0.15, 0.2) is 66.7 Å². The SMILES string of the molecule is c1ccc(CN2C[C@H]3COc4c(ccc5ccccc45)[C@@H]3C2)cc1. The van der Waals surface area contributed by atoms with E-state index < -0.39 is 0 Å². The normalized spacial score (nSPS) is 22.8. The molecule has 0 bridgehead atoms. The van der Waals surface area contributed by atoms with Gasteiger partial charge in [0.2, 0.25) is 0 Å². The number of likely N-dealkylation sites (tertiary alicyclic amines) is 1. The van der Waals surface area contributed by atoms with E-state index >= 15 is 0 Å². The van der Waals surface area contributed by atoms with Crippen molar-refractivity contribution in [3.8, 4) is 5.75 Å². The molecule has 5 rings (SSSR count). The van der Waals surface area contributed by atoms with Crippen molar-refractivity contribution >= 4 is 10.8 Å². The Bertz CT molecular complexity index is 874. The minimum atomic E-state index is 0.599. The van der Waals surface area contributed by atoms with Gasteiger partial charge in [0.1, 0.15) is 5.75 Å². The van der Waals surface area contributed by atoms with E-state index in [0.717, 1.165) is 32.0 Å². The van der Waals surface area contributed by atoms with Crippen LogP contribution in [-0.4, -0.2) is 24.6 Å². The van der Waals surface area contributed by atoms with Gasteiger partial charge in [0, 0.05) is 36.9 Å². The molecule has 3 aromatic carbocycles. The van der Waals surface area contributed by atoms with E-state index in [2.05, 4.69) is 71.6 Å². The Labute approximate surface area is 142 Å². The maximum absolute atomic E-state index is 6.22. The summed E-state index contributed by atoms with van der Waals surface area (Å²) in [6.07, 6.45) is 0. The molecule has 2 heteroatoms. The van der Waals surface area contributed by atoms with Gasteiger partial charge in [-0.2, -0.15) is 0 Å². The van der Waals surface area contributed by atoms with Crippen LogP contribution in [0.1, 0.15) is 17.0 Å². The number of rotatable bonds is 2. The van der Waals surface area contributed by atoms with Crippen LogP contribution in [0.25, 0.3) is 10.8 Å². The lowest BCUT2D eigenvalue weighted by atomic mass is 9.85. The molecule has 24 heavy (non-hydrogen) atoms. The lowest BCUT2D eigenvalue weighted by Crippen LogP contribution is -2.25. The standard InChI is InChI=1S/C22H21NO/c1-2-6-16(7-3-1)12-23-13-18-15-24-22-19-9-5-4-8-17(19)10-11-20(22)21(18)14-23/h1-11,18,21H,12-15H2/t18-,21+/m0/s1. The Balaban J connectivity index is 1.45. The van der Waals surface area contributed by atoms with Crippen molar-refractivity contribution in [1.29, 1.82) is 0 Å². The van der Waals surface area contributed by atoms with Crippen molar-refractivity contribution in [2.45, 2.75) is 12.5 Å². The highest BCUT2D eigenvalue weighted by Crippen LogP contribution is 2.45. The molecule has 0 aliphatic carbocycles. The molecular weight excluding hydrogens is 294 g/mol. The van der Waals surface area contributed by atoms with Crippen LogP contribution in [0, 0.1) is 5.92 Å². The van der Waals surface area contributed by atoms with Crippen molar-refractivity contribution in [2.24, 2.45) is 5.92 Å². The topological polar surface area (TPSA) is 12.5 Å². The molecule has 0 saturated carbocycles. The molecule has 120 valence electrons. The third kappa shape index (κ3) is 2.30. The van der Waals surface area contributed by atoms with Gasteiger partial charge in [-0.15, -0.1) is 0 Å². The lowest BCUT2D eigenvalue weighted by Gasteiger charge is -2.28. The molecule has 0 radical (unpaired) electrons. The first-order chi connectivity index (χ1) is 11.9. The van der Waals surface area contributed by atoms with Crippen molar-refractivity contribution in [1.82, 2.24) is 4.90 Å². The predicted octanol–water partition coefficient (Wildman–Crippen LogP) is 4.45. The molecule has 0 spiro atoms. The molecule has 2 aliphatic heterocycles. The van der Waals surface area contributed by atoms with Crippen LogP contribution >= 0.6 is 0 Å². The second-order valence-corrected chi connectivity index (χ2v) is 7.06. The maximum atomic E-state index is 6.22. The molecule has 0 unspecified atom stereocenters. The highest BCUT2D eigenvalue weighted by molar-refractivity contribution is 5.90. The summed E-state index contributed by atoms with van der Waals surface area (Å²) in [5.41, 5.74) is 2.80. The van der Waals surface area contributed by atoms with Gasteiger partial charge in [-0.25, -0.2) is 0 Å². The van der Waals surface area contributed by atoms with Gasteiger partial charge in [0.05, 0.1) is 6.61 Å². The van der Waals surface area contributed by atoms with E-state index in [-0.39, 0.29) is 0 Å². The van der Waals surface area contributed by atoms with E-state index in [1.165, 1.54) is 21.9 Å². The van der Waals surface area contributed by atoms with Gasteiger partial charge in [-0.3, -0.25) is 4.90 Å². The second kappa shape index (κ2) is 5.64. The Hall–Kier alpha value is -2.32. The number of benzene rings is 3. The highest BCUT2D eigenvalue weighted by Gasteiger charge is 2.39. The molecule has 0 aromatic heterocycles. The van der Waals surface area contributed by atoms with Gasteiger partial charge in [-0.1, -0.05) is 66.7 Å². The molecule has 0 amide bonds. The predicted molar refractivity (Wildman–Crippen MR) is 97.4 cm³/mol. The van der Waals surface area contributed by atoms with Gasteiger partial charge < -0.3 is 4.74 Å². The fourth-order valence-corrected chi connectivity index (χ4v) is 4.36. The van der Waals surface area contributed by atoms with Crippen LogP contribution in [0.3, 0.4) is 0 Å². The average molecular weight is 315 g/mol. The van der Waals surface area contributed by atoms with Crippen molar-refractivity contribution in [2.75, 3.05) is 19.7 Å². The molecule has 1 fully saturated rings. The van der Waals surface area contributed by atoms with E-state index in [9.17, 15) is 0 Å². The highest BCUT2D eigenvalue weighted by atomic mass is 16.5. The van der Waals surface area contributed by atoms with Crippen molar-refractivity contribution < 1.29 is 4.74 Å². The van der Waals surface area contributed by atoms with Crippen LogP contribution in [0.4, 0.5) is 0 Å². The number of nitrogens with zero attached hydrogens (tertiary/aromatic N) is 1. The van der Waals surface area contributed by atoms with Crippen molar-refractivity contribution in [3.63, 3.8) is 0 Å². The zero-order chi connectivity index (χ0) is 15.9. The number of hydrogen-bond donors (Lipinski definition) is 0. The van der Waals surface area contributed by atoms with E-state index in [4.69, 9.17) is 4.74 Å².